The van der Waals surface area contributed by atoms with Gasteiger partial charge in [0, 0.05) is 35.8 Å². The summed E-state index contributed by atoms with van der Waals surface area (Å²) < 4.78 is 5.78. The Kier molecular flexibility index (Phi) is 7.77. The normalized spacial score (nSPS) is 10.4. The lowest BCUT2D eigenvalue weighted by Gasteiger charge is -2.08. The van der Waals surface area contributed by atoms with Gasteiger partial charge in [-0.2, -0.15) is 0 Å². The molecule has 0 fully saturated rings. The lowest BCUT2D eigenvalue weighted by atomic mass is 10.1. The van der Waals surface area contributed by atoms with Crippen LogP contribution >= 0.6 is 0 Å². The molecule has 2 heterocycles. The van der Waals surface area contributed by atoms with Crippen LogP contribution in [0.15, 0.2) is 91.3 Å². The van der Waals surface area contributed by atoms with Gasteiger partial charge in [0.1, 0.15) is 18.1 Å². The second-order valence-corrected chi connectivity index (χ2v) is 7.78. The SMILES string of the molecule is O=C(Cc1ccc(-c2ccc(OCc3ccc(C(=O)NO)nc3)cc2)cn1)NCc1ccccc1. The van der Waals surface area contributed by atoms with Crippen LogP contribution in [0.25, 0.3) is 11.1 Å². The summed E-state index contributed by atoms with van der Waals surface area (Å²) in [4.78, 5) is 31.9. The largest absolute Gasteiger partial charge is 0.489 e. The highest BCUT2D eigenvalue weighted by Crippen LogP contribution is 2.22. The maximum atomic E-state index is 12.2. The molecule has 0 saturated carbocycles. The first-order valence-electron chi connectivity index (χ1n) is 11.0. The highest BCUT2D eigenvalue weighted by Gasteiger charge is 2.07. The molecular weight excluding hydrogens is 444 g/mol. The number of benzene rings is 2. The topological polar surface area (TPSA) is 113 Å². The number of rotatable bonds is 9. The Labute approximate surface area is 202 Å². The molecule has 0 spiro atoms. The Morgan fingerprint density at radius 1 is 0.800 bits per heavy atom. The summed E-state index contributed by atoms with van der Waals surface area (Å²) in [5.41, 5.74) is 6.12. The van der Waals surface area contributed by atoms with Crippen molar-refractivity contribution >= 4 is 11.8 Å². The minimum atomic E-state index is -0.665. The van der Waals surface area contributed by atoms with Crippen LogP contribution in [-0.4, -0.2) is 27.0 Å². The van der Waals surface area contributed by atoms with Crippen LogP contribution in [0, 0.1) is 0 Å². The average molecular weight is 469 g/mol. The quantitative estimate of drug-likeness (QED) is 0.255. The molecular formula is C27H24N4O4. The van der Waals surface area contributed by atoms with E-state index >= 15 is 0 Å². The van der Waals surface area contributed by atoms with E-state index in [4.69, 9.17) is 9.94 Å². The van der Waals surface area contributed by atoms with Gasteiger partial charge in [0.25, 0.3) is 5.91 Å². The molecule has 0 aliphatic carbocycles. The van der Waals surface area contributed by atoms with Crippen LogP contribution in [0.5, 0.6) is 5.75 Å². The lowest BCUT2D eigenvalue weighted by molar-refractivity contribution is -0.120. The van der Waals surface area contributed by atoms with E-state index in [1.807, 2.05) is 66.7 Å². The minimum absolute atomic E-state index is 0.0721. The van der Waals surface area contributed by atoms with Gasteiger partial charge < -0.3 is 10.1 Å². The number of aromatic nitrogens is 2. The van der Waals surface area contributed by atoms with Gasteiger partial charge in [-0.1, -0.05) is 54.6 Å². The smallest absolute Gasteiger partial charge is 0.293 e. The van der Waals surface area contributed by atoms with E-state index in [0.717, 1.165) is 22.3 Å². The van der Waals surface area contributed by atoms with E-state index in [2.05, 4.69) is 15.3 Å². The van der Waals surface area contributed by atoms with Crippen LogP contribution in [0.2, 0.25) is 0 Å². The summed E-state index contributed by atoms with van der Waals surface area (Å²) in [6.07, 6.45) is 3.50. The first-order chi connectivity index (χ1) is 17.1. The molecule has 2 amide bonds. The number of carbonyl (C=O) groups excluding carboxylic acids is 2. The average Bonchev–Trinajstić information content (AvgIpc) is 2.92. The van der Waals surface area contributed by atoms with Crippen LogP contribution < -0.4 is 15.5 Å². The van der Waals surface area contributed by atoms with Crippen molar-refractivity contribution in [1.82, 2.24) is 20.8 Å². The van der Waals surface area contributed by atoms with Crippen molar-refractivity contribution in [2.75, 3.05) is 0 Å². The molecule has 8 heteroatoms. The summed E-state index contributed by atoms with van der Waals surface area (Å²) in [6, 6.07) is 24.4. The van der Waals surface area contributed by atoms with Crippen molar-refractivity contribution in [2.45, 2.75) is 19.6 Å². The zero-order valence-corrected chi connectivity index (χ0v) is 18.8. The van der Waals surface area contributed by atoms with Gasteiger partial charge in [-0.25, -0.2) is 5.48 Å². The fourth-order valence-corrected chi connectivity index (χ4v) is 3.34. The second kappa shape index (κ2) is 11.5. The zero-order valence-electron chi connectivity index (χ0n) is 18.8. The van der Waals surface area contributed by atoms with Gasteiger partial charge in [0.05, 0.1) is 6.42 Å². The van der Waals surface area contributed by atoms with Crippen LogP contribution in [0.4, 0.5) is 0 Å². The van der Waals surface area contributed by atoms with E-state index in [0.29, 0.717) is 18.0 Å². The van der Waals surface area contributed by atoms with Crippen molar-refractivity contribution < 1.29 is 19.5 Å². The maximum Gasteiger partial charge on any atom is 0.293 e. The number of hydrogen-bond donors (Lipinski definition) is 3. The number of amides is 2. The summed E-state index contributed by atoms with van der Waals surface area (Å²) in [7, 11) is 0. The van der Waals surface area contributed by atoms with E-state index in [-0.39, 0.29) is 24.6 Å². The summed E-state index contributed by atoms with van der Waals surface area (Å²) >= 11 is 0. The molecule has 8 nitrogen and oxygen atoms in total. The number of carbonyl (C=O) groups is 2. The van der Waals surface area contributed by atoms with Gasteiger partial charge in [-0.3, -0.25) is 24.8 Å². The van der Waals surface area contributed by atoms with Gasteiger partial charge in [-0.15, -0.1) is 0 Å². The monoisotopic (exact) mass is 468 g/mol. The zero-order chi connectivity index (χ0) is 24.5. The van der Waals surface area contributed by atoms with Gasteiger partial charge in [0.2, 0.25) is 5.91 Å². The molecule has 0 aliphatic rings. The number of ether oxygens (including phenoxy) is 1. The lowest BCUT2D eigenvalue weighted by Crippen LogP contribution is -2.24. The number of hydroxylamine groups is 1. The van der Waals surface area contributed by atoms with E-state index < -0.39 is 5.91 Å². The first-order valence-corrected chi connectivity index (χ1v) is 11.0. The number of nitrogens with one attached hydrogen (secondary N) is 2. The van der Waals surface area contributed by atoms with E-state index in [9.17, 15) is 9.59 Å². The predicted molar refractivity (Wildman–Crippen MR) is 129 cm³/mol. The van der Waals surface area contributed by atoms with Gasteiger partial charge >= 0.3 is 0 Å². The van der Waals surface area contributed by atoms with Crippen molar-refractivity contribution in [1.29, 1.82) is 0 Å². The predicted octanol–water partition coefficient (Wildman–Crippen LogP) is 3.70. The fourth-order valence-electron chi connectivity index (χ4n) is 3.34. The Morgan fingerprint density at radius 3 is 2.23 bits per heavy atom. The van der Waals surface area contributed by atoms with Gasteiger partial charge in [-0.05, 0) is 35.4 Å². The molecule has 0 unspecified atom stereocenters. The third kappa shape index (κ3) is 6.72. The second-order valence-electron chi connectivity index (χ2n) is 7.78. The third-order valence-corrected chi connectivity index (χ3v) is 5.25. The van der Waals surface area contributed by atoms with Crippen molar-refractivity contribution in [3.05, 3.63) is 114 Å². The molecule has 0 bridgehead atoms. The van der Waals surface area contributed by atoms with Crippen molar-refractivity contribution in [2.24, 2.45) is 0 Å². The van der Waals surface area contributed by atoms with Crippen LogP contribution in [0.1, 0.15) is 27.3 Å². The van der Waals surface area contributed by atoms with Crippen LogP contribution in [0.3, 0.4) is 0 Å². The number of pyridine rings is 2. The van der Waals surface area contributed by atoms with Crippen LogP contribution in [-0.2, 0) is 24.4 Å². The Morgan fingerprint density at radius 2 is 1.57 bits per heavy atom. The summed E-state index contributed by atoms with van der Waals surface area (Å²) in [5, 5.41) is 11.5. The Hall–Kier alpha value is -4.56. The molecule has 176 valence electrons. The molecule has 0 atom stereocenters. The molecule has 2 aromatic carbocycles. The van der Waals surface area contributed by atoms with Crippen molar-refractivity contribution in [3.8, 4) is 16.9 Å². The summed E-state index contributed by atoms with van der Waals surface area (Å²) in [5.74, 6) is -0.0513. The fraction of sp³-hybridized carbons (Fsp3) is 0.111. The molecule has 35 heavy (non-hydrogen) atoms. The third-order valence-electron chi connectivity index (χ3n) is 5.25. The number of nitrogens with zero attached hydrogens (tertiary/aromatic N) is 2. The van der Waals surface area contributed by atoms with E-state index in [1.54, 1.807) is 17.7 Å². The Bertz CT molecular complexity index is 1260. The summed E-state index contributed by atoms with van der Waals surface area (Å²) in [6.45, 7) is 0.783. The molecule has 3 N–H and O–H groups in total. The highest BCUT2D eigenvalue weighted by atomic mass is 16.5. The highest BCUT2D eigenvalue weighted by molar-refractivity contribution is 5.91. The maximum absolute atomic E-state index is 12.2. The Balaban J connectivity index is 1.28. The number of hydrogen-bond acceptors (Lipinski definition) is 6. The molecule has 0 saturated heterocycles. The molecule has 2 aromatic heterocycles. The molecule has 0 aliphatic heterocycles. The minimum Gasteiger partial charge on any atom is -0.489 e. The first kappa shape index (κ1) is 23.6. The molecule has 0 radical (unpaired) electrons. The van der Waals surface area contributed by atoms with E-state index in [1.165, 1.54) is 12.3 Å². The standard InChI is InChI=1S/C27H24N4O4/c32-26(30-15-19-4-2-1-3-5-19)14-23-10-7-22(17-28-23)21-8-11-24(12-9-21)35-18-20-6-13-25(29-16-20)27(33)31-34/h1-13,16-17,34H,14-15,18H2,(H,30,32)(H,31,33). The molecule has 4 aromatic rings. The molecule has 4 rings (SSSR count). The van der Waals surface area contributed by atoms with Gasteiger partial charge in [0.15, 0.2) is 0 Å². The van der Waals surface area contributed by atoms with Crippen molar-refractivity contribution in [3.63, 3.8) is 0 Å².